The second kappa shape index (κ2) is 5.33. The monoisotopic (exact) mass is 194 g/mol. The largest absolute Gasteiger partial charge is 0.295 e. The minimum atomic E-state index is 0.327. The molecule has 1 aliphatic rings. The van der Waals surface area contributed by atoms with Crippen molar-refractivity contribution in [1.29, 1.82) is 0 Å². The predicted molar refractivity (Wildman–Crippen MR) is 60.2 cm³/mol. The smallest absolute Gasteiger partial charge is 0.158 e. The van der Waals surface area contributed by atoms with E-state index in [0.29, 0.717) is 11.7 Å². The maximum Gasteiger partial charge on any atom is 0.158 e. The third kappa shape index (κ3) is 3.28. The van der Waals surface area contributed by atoms with Gasteiger partial charge in [-0.2, -0.15) is 0 Å². The van der Waals surface area contributed by atoms with E-state index in [1.165, 1.54) is 19.3 Å². The van der Waals surface area contributed by atoms with E-state index >= 15 is 0 Å². The molecule has 1 rings (SSSR count). The highest BCUT2D eigenvalue weighted by Gasteiger charge is 2.23. The highest BCUT2D eigenvalue weighted by Crippen LogP contribution is 2.31. The van der Waals surface area contributed by atoms with Gasteiger partial charge in [-0.1, -0.05) is 18.9 Å². The number of hydrogen-bond acceptors (Lipinski definition) is 1. The Labute approximate surface area is 87.6 Å². The molecule has 1 aliphatic carbocycles. The zero-order valence-corrected chi connectivity index (χ0v) is 9.68. The van der Waals surface area contributed by atoms with E-state index in [9.17, 15) is 4.79 Å². The van der Waals surface area contributed by atoms with Crippen molar-refractivity contribution >= 4 is 5.78 Å². The van der Waals surface area contributed by atoms with Crippen LogP contribution in [-0.2, 0) is 4.79 Å². The molecule has 1 nitrogen and oxygen atoms in total. The highest BCUT2D eigenvalue weighted by molar-refractivity contribution is 5.92. The number of ketones is 1. The van der Waals surface area contributed by atoms with Gasteiger partial charge in [0.1, 0.15) is 0 Å². The topological polar surface area (TPSA) is 17.1 Å². The average molecular weight is 194 g/mol. The molecule has 0 aromatic heterocycles. The van der Waals surface area contributed by atoms with Crippen LogP contribution in [-0.4, -0.2) is 5.78 Å². The molecule has 0 aromatic rings. The molecule has 0 saturated heterocycles. The van der Waals surface area contributed by atoms with Crippen molar-refractivity contribution in [3.63, 3.8) is 0 Å². The van der Waals surface area contributed by atoms with Gasteiger partial charge in [0.15, 0.2) is 5.78 Å². The number of carbonyl (C=O) groups excluding carboxylic acids is 1. The second-order valence-electron chi connectivity index (χ2n) is 4.75. The van der Waals surface area contributed by atoms with Crippen LogP contribution in [0.15, 0.2) is 11.6 Å². The van der Waals surface area contributed by atoms with Gasteiger partial charge < -0.3 is 0 Å². The third-order valence-electron chi connectivity index (χ3n) is 3.26. The van der Waals surface area contributed by atoms with Crippen molar-refractivity contribution in [2.75, 3.05) is 0 Å². The van der Waals surface area contributed by atoms with Crippen LogP contribution in [0.1, 0.15) is 52.9 Å². The molecule has 80 valence electrons. The number of rotatable bonds is 3. The minimum absolute atomic E-state index is 0.327. The lowest BCUT2D eigenvalue weighted by Crippen LogP contribution is -2.20. The highest BCUT2D eigenvalue weighted by atomic mass is 16.1. The average Bonchev–Trinajstić information content (AvgIpc) is 2.17. The summed E-state index contributed by atoms with van der Waals surface area (Å²) in [7, 11) is 0. The van der Waals surface area contributed by atoms with Crippen molar-refractivity contribution in [3.8, 4) is 0 Å². The van der Waals surface area contributed by atoms with E-state index in [2.05, 4.69) is 6.92 Å². The van der Waals surface area contributed by atoms with Crippen LogP contribution in [0.3, 0.4) is 0 Å². The fraction of sp³-hybridized carbons (Fsp3) is 0.769. The summed E-state index contributed by atoms with van der Waals surface area (Å²) in [5.41, 5.74) is 1.13. The quantitative estimate of drug-likeness (QED) is 0.625. The van der Waals surface area contributed by atoms with Crippen LogP contribution >= 0.6 is 0 Å². The lowest BCUT2D eigenvalue weighted by molar-refractivity contribution is -0.119. The molecule has 0 radical (unpaired) electrons. The Bertz CT molecular complexity index is 215. The summed E-state index contributed by atoms with van der Waals surface area (Å²) in [5.74, 6) is 1.57. The van der Waals surface area contributed by atoms with Crippen LogP contribution in [0.25, 0.3) is 0 Å². The first-order valence-corrected chi connectivity index (χ1v) is 5.82. The van der Waals surface area contributed by atoms with Gasteiger partial charge in [0.05, 0.1) is 0 Å². The Hall–Kier alpha value is -0.590. The molecule has 14 heavy (non-hydrogen) atoms. The van der Waals surface area contributed by atoms with Gasteiger partial charge in [0.25, 0.3) is 0 Å². The predicted octanol–water partition coefficient (Wildman–Crippen LogP) is 3.74. The van der Waals surface area contributed by atoms with Crippen LogP contribution in [0.2, 0.25) is 0 Å². The minimum Gasteiger partial charge on any atom is -0.295 e. The molecule has 0 aliphatic heterocycles. The first kappa shape index (κ1) is 11.5. The summed E-state index contributed by atoms with van der Waals surface area (Å²) in [4.78, 5) is 11.7. The van der Waals surface area contributed by atoms with Gasteiger partial charge in [0, 0.05) is 5.92 Å². The molecule has 0 N–H and O–H groups in total. The molecule has 1 fully saturated rings. The Morgan fingerprint density at radius 1 is 1.21 bits per heavy atom. The van der Waals surface area contributed by atoms with E-state index in [1.807, 2.05) is 19.9 Å². The Balaban J connectivity index is 2.42. The van der Waals surface area contributed by atoms with E-state index < -0.39 is 0 Å². The van der Waals surface area contributed by atoms with Crippen molar-refractivity contribution in [2.45, 2.75) is 52.9 Å². The molecule has 0 atom stereocenters. The maximum absolute atomic E-state index is 11.7. The normalized spacial score (nSPS) is 27.1. The molecule has 1 heteroatoms. The molecule has 0 spiro atoms. The summed E-state index contributed by atoms with van der Waals surface area (Å²) in [6.45, 7) is 6.24. The lowest BCUT2D eigenvalue weighted by Gasteiger charge is -2.26. The zero-order chi connectivity index (χ0) is 10.6. The van der Waals surface area contributed by atoms with E-state index in [4.69, 9.17) is 0 Å². The molecule has 0 aromatic carbocycles. The Morgan fingerprint density at radius 2 is 1.79 bits per heavy atom. The summed E-state index contributed by atoms with van der Waals surface area (Å²) in [5, 5.41) is 0. The molecule has 0 unspecified atom stereocenters. The standard InChI is InChI=1S/C13H22O/c1-4-11-5-7-12(8-6-11)13(14)9-10(2)3/h9,11-12H,4-8H2,1-3H3. The molecule has 0 bridgehead atoms. The Morgan fingerprint density at radius 3 is 2.21 bits per heavy atom. The Kier molecular flexibility index (Phi) is 4.37. The lowest BCUT2D eigenvalue weighted by atomic mass is 9.79. The van der Waals surface area contributed by atoms with Crippen LogP contribution < -0.4 is 0 Å². The fourth-order valence-corrected chi connectivity index (χ4v) is 2.26. The second-order valence-corrected chi connectivity index (χ2v) is 4.75. The van der Waals surface area contributed by atoms with Crippen LogP contribution in [0.4, 0.5) is 0 Å². The molecular weight excluding hydrogens is 172 g/mol. The zero-order valence-electron chi connectivity index (χ0n) is 9.68. The van der Waals surface area contributed by atoms with E-state index in [-0.39, 0.29) is 0 Å². The first-order chi connectivity index (χ1) is 6.63. The van der Waals surface area contributed by atoms with Gasteiger partial charge in [-0.15, -0.1) is 0 Å². The van der Waals surface area contributed by atoms with Gasteiger partial charge in [-0.25, -0.2) is 0 Å². The number of hydrogen-bond donors (Lipinski definition) is 0. The van der Waals surface area contributed by atoms with Gasteiger partial charge >= 0.3 is 0 Å². The van der Waals surface area contributed by atoms with Gasteiger partial charge in [-0.3, -0.25) is 4.79 Å². The molecular formula is C13H22O. The van der Waals surface area contributed by atoms with Crippen molar-refractivity contribution in [2.24, 2.45) is 11.8 Å². The summed E-state index contributed by atoms with van der Waals surface area (Å²) < 4.78 is 0. The molecule has 0 heterocycles. The van der Waals surface area contributed by atoms with Crippen molar-refractivity contribution in [1.82, 2.24) is 0 Å². The molecule has 1 saturated carbocycles. The summed E-state index contributed by atoms with van der Waals surface area (Å²) in [6.07, 6.45) is 7.83. The van der Waals surface area contributed by atoms with Gasteiger partial charge in [-0.05, 0) is 51.5 Å². The van der Waals surface area contributed by atoms with Crippen LogP contribution in [0.5, 0.6) is 0 Å². The van der Waals surface area contributed by atoms with Crippen LogP contribution in [0, 0.1) is 11.8 Å². The SMILES string of the molecule is CCC1CCC(C(=O)C=C(C)C)CC1. The summed E-state index contributed by atoms with van der Waals surface area (Å²) in [6, 6.07) is 0. The molecule has 0 amide bonds. The van der Waals surface area contributed by atoms with Crippen molar-refractivity contribution in [3.05, 3.63) is 11.6 Å². The first-order valence-electron chi connectivity index (χ1n) is 5.82. The van der Waals surface area contributed by atoms with Gasteiger partial charge in [0.2, 0.25) is 0 Å². The summed E-state index contributed by atoms with van der Waals surface area (Å²) >= 11 is 0. The van der Waals surface area contributed by atoms with E-state index in [0.717, 1.165) is 24.3 Å². The third-order valence-corrected chi connectivity index (χ3v) is 3.26. The van der Waals surface area contributed by atoms with Crippen molar-refractivity contribution < 1.29 is 4.79 Å². The van der Waals surface area contributed by atoms with E-state index in [1.54, 1.807) is 0 Å². The number of allylic oxidation sites excluding steroid dienone is 2. The maximum atomic E-state index is 11.7. The fourth-order valence-electron chi connectivity index (χ4n) is 2.26. The number of carbonyl (C=O) groups is 1.